The van der Waals surface area contributed by atoms with Crippen LogP contribution in [0.25, 0.3) is 0 Å². The van der Waals surface area contributed by atoms with Crippen LogP contribution < -0.4 is 11.1 Å². The van der Waals surface area contributed by atoms with Crippen LogP contribution in [0.4, 0.5) is 0 Å². The summed E-state index contributed by atoms with van der Waals surface area (Å²) in [6.45, 7) is 4.40. The van der Waals surface area contributed by atoms with Crippen molar-refractivity contribution >= 4 is 23.5 Å². The van der Waals surface area contributed by atoms with Crippen LogP contribution in [-0.4, -0.2) is 35.5 Å². The Kier molecular flexibility index (Phi) is 9.55. The quantitative estimate of drug-likeness (QED) is 0.196. The zero-order valence-electron chi connectivity index (χ0n) is 11.5. The average molecular weight is 275 g/mol. The largest absolute Gasteiger partial charge is 0.409 e. The second kappa shape index (κ2) is 10.1. The fraction of sp³-hybridized carbons (Fsp3) is 0.833. The van der Waals surface area contributed by atoms with Crippen LogP contribution in [0, 0.1) is 11.8 Å². The zero-order chi connectivity index (χ0) is 14.0. The summed E-state index contributed by atoms with van der Waals surface area (Å²) in [6.07, 6.45) is 5.33. The third kappa shape index (κ3) is 6.74. The van der Waals surface area contributed by atoms with Gasteiger partial charge in [-0.25, -0.2) is 0 Å². The topological polar surface area (TPSA) is 87.7 Å². The average Bonchev–Trinajstić information content (AvgIpc) is 2.33. The molecular formula is C12H25N3O2S. The van der Waals surface area contributed by atoms with Crippen LogP contribution in [0.1, 0.15) is 33.1 Å². The summed E-state index contributed by atoms with van der Waals surface area (Å²) in [5.74, 6) is 0.431. The Morgan fingerprint density at radius 3 is 2.56 bits per heavy atom. The number of amidine groups is 1. The first-order chi connectivity index (χ1) is 8.54. The predicted molar refractivity (Wildman–Crippen MR) is 77.0 cm³/mol. The number of thioether (sulfide) groups is 1. The third-order valence-electron chi connectivity index (χ3n) is 2.71. The van der Waals surface area contributed by atoms with Gasteiger partial charge in [0.15, 0.2) is 5.84 Å². The Labute approximate surface area is 114 Å². The molecule has 0 aromatic carbocycles. The molecule has 6 heteroatoms. The van der Waals surface area contributed by atoms with Gasteiger partial charge in [0.05, 0.1) is 0 Å². The van der Waals surface area contributed by atoms with Gasteiger partial charge in [-0.15, -0.1) is 0 Å². The van der Waals surface area contributed by atoms with Crippen LogP contribution in [0.15, 0.2) is 5.16 Å². The van der Waals surface area contributed by atoms with Gasteiger partial charge < -0.3 is 16.3 Å². The molecule has 0 aliphatic carbocycles. The molecule has 0 aliphatic heterocycles. The van der Waals surface area contributed by atoms with Crippen molar-refractivity contribution in [3.05, 3.63) is 0 Å². The number of carbonyl (C=O) groups excluding carboxylic acids is 1. The molecule has 0 aromatic heterocycles. The summed E-state index contributed by atoms with van der Waals surface area (Å²) >= 11 is 1.83. The second-order valence-corrected chi connectivity index (χ2v) is 5.58. The van der Waals surface area contributed by atoms with Gasteiger partial charge in [0, 0.05) is 6.54 Å². The zero-order valence-corrected chi connectivity index (χ0v) is 12.3. The lowest BCUT2D eigenvalue weighted by Crippen LogP contribution is -2.42. The molecule has 1 unspecified atom stereocenters. The first-order valence-corrected chi connectivity index (χ1v) is 7.68. The molecule has 1 amide bonds. The van der Waals surface area contributed by atoms with E-state index in [9.17, 15) is 4.79 Å². The first kappa shape index (κ1) is 17.1. The van der Waals surface area contributed by atoms with Crippen molar-refractivity contribution in [1.82, 2.24) is 5.32 Å². The number of amides is 1. The fourth-order valence-corrected chi connectivity index (χ4v) is 2.20. The normalized spacial score (nSPS) is 13.7. The van der Waals surface area contributed by atoms with Crippen LogP contribution in [-0.2, 0) is 4.79 Å². The molecule has 0 saturated carbocycles. The highest BCUT2D eigenvalue weighted by molar-refractivity contribution is 7.98. The van der Waals surface area contributed by atoms with Gasteiger partial charge in [-0.3, -0.25) is 4.79 Å². The van der Waals surface area contributed by atoms with Crippen LogP contribution in [0.2, 0.25) is 0 Å². The van der Waals surface area contributed by atoms with E-state index in [-0.39, 0.29) is 17.7 Å². The van der Waals surface area contributed by atoms with Crippen molar-refractivity contribution < 1.29 is 10.0 Å². The third-order valence-corrected chi connectivity index (χ3v) is 3.40. The molecule has 0 rings (SSSR count). The highest BCUT2D eigenvalue weighted by atomic mass is 32.2. The minimum Gasteiger partial charge on any atom is -0.409 e. The van der Waals surface area contributed by atoms with Crippen molar-refractivity contribution in [3.8, 4) is 0 Å². The molecule has 5 nitrogen and oxygen atoms in total. The van der Waals surface area contributed by atoms with Gasteiger partial charge in [-0.1, -0.05) is 25.4 Å². The summed E-state index contributed by atoms with van der Waals surface area (Å²) in [6, 6.07) is 0. The molecule has 0 aromatic rings. The smallest absolute Gasteiger partial charge is 0.231 e. The Balaban J connectivity index is 3.98. The molecule has 0 radical (unpaired) electrons. The fourth-order valence-electron chi connectivity index (χ4n) is 1.71. The Morgan fingerprint density at radius 1 is 1.39 bits per heavy atom. The standard InChI is InChI=1S/C12H25N3O2S/c1-9(2)10(11(13)15-17)12(16)14-7-5-4-6-8-18-3/h9-10,17H,4-8H2,1-3H3,(H2,13,15)(H,14,16). The monoisotopic (exact) mass is 275 g/mol. The molecule has 0 bridgehead atoms. The number of oxime groups is 1. The van der Waals surface area contributed by atoms with Crippen LogP contribution in [0.5, 0.6) is 0 Å². The van der Waals surface area contributed by atoms with E-state index >= 15 is 0 Å². The van der Waals surface area contributed by atoms with Gasteiger partial charge in [-0.05, 0) is 30.8 Å². The number of nitrogens with one attached hydrogen (secondary N) is 1. The number of nitrogens with two attached hydrogens (primary N) is 1. The predicted octanol–water partition coefficient (Wildman–Crippen LogP) is 1.65. The molecule has 106 valence electrons. The van der Waals surface area contributed by atoms with Crippen molar-refractivity contribution in [2.75, 3.05) is 18.6 Å². The number of rotatable bonds is 9. The minimum atomic E-state index is -0.554. The molecular weight excluding hydrogens is 250 g/mol. The Hall–Kier alpha value is -0.910. The van der Waals surface area contributed by atoms with E-state index in [2.05, 4.69) is 16.7 Å². The summed E-state index contributed by atoms with van der Waals surface area (Å²) in [7, 11) is 0. The maximum absolute atomic E-state index is 11.9. The number of unbranched alkanes of at least 4 members (excludes halogenated alkanes) is 2. The molecule has 0 heterocycles. The van der Waals surface area contributed by atoms with Crippen molar-refractivity contribution in [1.29, 1.82) is 0 Å². The molecule has 0 aliphatic rings. The maximum Gasteiger partial charge on any atom is 0.231 e. The van der Waals surface area contributed by atoms with E-state index < -0.39 is 5.92 Å². The molecule has 1 atom stereocenters. The van der Waals surface area contributed by atoms with Crippen LogP contribution >= 0.6 is 11.8 Å². The Morgan fingerprint density at radius 2 is 2.06 bits per heavy atom. The summed E-state index contributed by atoms with van der Waals surface area (Å²) in [4.78, 5) is 11.9. The number of hydrogen-bond acceptors (Lipinski definition) is 4. The van der Waals surface area contributed by atoms with Crippen molar-refractivity contribution in [2.24, 2.45) is 22.7 Å². The molecule has 0 saturated heterocycles. The van der Waals surface area contributed by atoms with Crippen LogP contribution in [0.3, 0.4) is 0 Å². The lowest BCUT2D eigenvalue weighted by Gasteiger charge is -2.18. The van der Waals surface area contributed by atoms with Gasteiger partial charge in [-0.2, -0.15) is 11.8 Å². The molecule has 0 fully saturated rings. The number of carbonyl (C=O) groups is 1. The molecule has 0 spiro atoms. The SMILES string of the molecule is CSCCCCCNC(=O)C(C(N)=NO)C(C)C. The Bertz CT molecular complexity index is 270. The summed E-state index contributed by atoms with van der Waals surface area (Å²) in [5, 5.41) is 14.4. The minimum absolute atomic E-state index is 0.0115. The van der Waals surface area contributed by atoms with Gasteiger partial charge in [0.25, 0.3) is 0 Å². The first-order valence-electron chi connectivity index (χ1n) is 6.28. The van der Waals surface area contributed by atoms with Crippen molar-refractivity contribution in [2.45, 2.75) is 33.1 Å². The lowest BCUT2D eigenvalue weighted by molar-refractivity contribution is -0.124. The second-order valence-electron chi connectivity index (χ2n) is 4.59. The number of hydrogen-bond donors (Lipinski definition) is 3. The summed E-state index contributed by atoms with van der Waals surface area (Å²) < 4.78 is 0. The summed E-state index contributed by atoms with van der Waals surface area (Å²) in [5.41, 5.74) is 5.53. The molecule has 18 heavy (non-hydrogen) atoms. The van der Waals surface area contributed by atoms with Gasteiger partial charge in [0.1, 0.15) is 5.92 Å². The van der Waals surface area contributed by atoms with Gasteiger partial charge >= 0.3 is 0 Å². The highest BCUT2D eigenvalue weighted by Crippen LogP contribution is 2.11. The van der Waals surface area contributed by atoms with E-state index in [1.54, 1.807) is 0 Å². The van der Waals surface area contributed by atoms with E-state index in [1.807, 2.05) is 25.6 Å². The highest BCUT2D eigenvalue weighted by Gasteiger charge is 2.26. The van der Waals surface area contributed by atoms with E-state index in [1.165, 1.54) is 6.42 Å². The van der Waals surface area contributed by atoms with Gasteiger partial charge in [0.2, 0.25) is 5.91 Å². The van der Waals surface area contributed by atoms with E-state index in [4.69, 9.17) is 10.9 Å². The van der Waals surface area contributed by atoms with E-state index in [0.717, 1.165) is 18.6 Å². The maximum atomic E-state index is 11.9. The molecule has 4 N–H and O–H groups in total. The number of nitrogens with zero attached hydrogens (tertiary/aromatic N) is 1. The van der Waals surface area contributed by atoms with E-state index in [0.29, 0.717) is 6.54 Å². The van der Waals surface area contributed by atoms with Crippen molar-refractivity contribution in [3.63, 3.8) is 0 Å². The lowest BCUT2D eigenvalue weighted by atomic mass is 9.94.